The van der Waals surface area contributed by atoms with Gasteiger partial charge in [0, 0.05) is 37.4 Å². The Bertz CT molecular complexity index is 771. The first-order chi connectivity index (χ1) is 15.5. The summed E-state index contributed by atoms with van der Waals surface area (Å²) >= 11 is 0. The summed E-state index contributed by atoms with van der Waals surface area (Å²) in [7, 11) is 0. The van der Waals surface area contributed by atoms with Crippen LogP contribution in [0.3, 0.4) is 0 Å². The molecule has 4 rings (SSSR count). The lowest BCUT2D eigenvalue weighted by Crippen LogP contribution is -2.47. The molecule has 3 unspecified atom stereocenters. The predicted molar refractivity (Wildman–Crippen MR) is 122 cm³/mol. The number of nitrogens with one attached hydrogen (secondary N) is 1. The molecular formula is C25H40N4O3. The lowest BCUT2D eigenvalue weighted by molar-refractivity contribution is -0.137. The molecule has 1 N–H and O–H groups in total. The van der Waals surface area contributed by atoms with Crippen molar-refractivity contribution in [3.05, 3.63) is 11.7 Å². The minimum absolute atomic E-state index is 0.0312. The molecule has 32 heavy (non-hydrogen) atoms. The van der Waals surface area contributed by atoms with Gasteiger partial charge < -0.3 is 14.7 Å². The lowest BCUT2D eigenvalue weighted by Gasteiger charge is -2.34. The Morgan fingerprint density at radius 3 is 2.59 bits per heavy atom. The van der Waals surface area contributed by atoms with Crippen LogP contribution in [0.1, 0.15) is 114 Å². The Hall–Kier alpha value is -1.92. The van der Waals surface area contributed by atoms with E-state index in [9.17, 15) is 9.59 Å². The molecule has 1 aromatic rings. The van der Waals surface area contributed by atoms with Gasteiger partial charge in [-0.25, -0.2) is 0 Å². The number of aromatic nitrogens is 2. The summed E-state index contributed by atoms with van der Waals surface area (Å²) in [6, 6.07) is -0.0800. The maximum Gasteiger partial charge on any atom is 0.229 e. The molecule has 3 aliphatic rings. The number of hydrogen-bond acceptors (Lipinski definition) is 5. The molecule has 0 bridgehead atoms. The summed E-state index contributed by atoms with van der Waals surface area (Å²) in [6.45, 7) is 5.58. The fourth-order valence-corrected chi connectivity index (χ4v) is 5.83. The summed E-state index contributed by atoms with van der Waals surface area (Å²) in [5.41, 5.74) is 0. The van der Waals surface area contributed by atoms with Crippen LogP contribution in [0.4, 0.5) is 0 Å². The number of nitrogens with zero attached hydrogens (tertiary/aromatic N) is 3. The Balaban J connectivity index is 1.54. The average Bonchev–Trinajstić information content (AvgIpc) is 3.43. The minimum Gasteiger partial charge on any atom is -0.356 e. The van der Waals surface area contributed by atoms with Gasteiger partial charge in [-0.15, -0.1) is 0 Å². The van der Waals surface area contributed by atoms with Crippen molar-refractivity contribution in [1.29, 1.82) is 0 Å². The number of amides is 2. The molecule has 178 valence electrons. The van der Waals surface area contributed by atoms with Gasteiger partial charge in [0.1, 0.15) is 0 Å². The van der Waals surface area contributed by atoms with Crippen LogP contribution in [-0.4, -0.2) is 46.0 Å². The number of rotatable bonds is 4. The minimum atomic E-state index is -0.206. The Kier molecular flexibility index (Phi) is 7.84. The first kappa shape index (κ1) is 23.2. The molecule has 2 heterocycles. The van der Waals surface area contributed by atoms with E-state index in [2.05, 4.69) is 20.4 Å². The zero-order valence-electron chi connectivity index (χ0n) is 19.9. The van der Waals surface area contributed by atoms with E-state index < -0.39 is 0 Å². The summed E-state index contributed by atoms with van der Waals surface area (Å²) < 4.78 is 5.60. The maximum atomic E-state index is 13.5. The van der Waals surface area contributed by atoms with E-state index in [-0.39, 0.29) is 35.6 Å². The van der Waals surface area contributed by atoms with Gasteiger partial charge in [0.15, 0.2) is 5.82 Å². The van der Waals surface area contributed by atoms with Crippen LogP contribution in [0.5, 0.6) is 0 Å². The Labute approximate surface area is 192 Å². The molecule has 2 saturated carbocycles. The second kappa shape index (κ2) is 10.8. The van der Waals surface area contributed by atoms with Crippen LogP contribution in [0, 0.1) is 11.8 Å². The Morgan fingerprint density at radius 1 is 1.09 bits per heavy atom. The van der Waals surface area contributed by atoms with Gasteiger partial charge in [-0.1, -0.05) is 51.1 Å². The summed E-state index contributed by atoms with van der Waals surface area (Å²) in [5, 5.41) is 7.28. The summed E-state index contributed by atoms with van der Waals surface area (Å²) in [6.07, 6.45) is 12.4. The number of carbonyl (C=O) groups is 2. The van der Waals surface area contributed by atoms with E-state index in [1.54, 1.807) is 0 Å². The third-order valence-electron chi connectivity index (χ3n) is 7.72. The van der Waals surface area contributed by atoms with E-state index in [1.807, 2.05) is 13.8 Å². The highest BCUT2D eigenvalue weighted by atomic mass is 16.5. The molecule has 1 aromatic heterocycles. The van der Waals surface area contributed by atoms with Crippen LogP contribution in [-0.2, 0) is 9.59 Å². The molecule has 7 nitrogen and oxygen atoms in total. The van der Waals surface area contributed by atoms with Crippen molar-refractivity contribution >= 4 is 11.8 Å². The van der Waals surface area contributed by atoms with Crippen molar-refractivity contribution in [3.8, 4) is 0 Å². The zero-order valence-corrected chi connectivity index (χ0v) is 19.9. The average molecular weight is 445 g/mol. The molecule has 0 radical (unpaired) electrons. The number of fused-ring (bicyclic) bond motifs is 1. The van der Waals surface area contributed by atoms with Gasteiger partial charge >= 0.3 is 0 Å². The highest BCUT2D eigenvalue weighted by Crippen LogP contribution is 2.42. The van der Waals surface area contributed by atoms with Crippen molar-refractivity contribution in [2.75, 3.05) is 13.1 Å². The monoisotopic (exact) mass is 444 g/mol. The topological polar surface area (TPSA) is 88.3 Å². The van der Waals surface area contributed by atoms with E-state index in [0.717, 1.165) is 58.0 Å². The number of hydrogen-bond donors (Lipinski definition) is 1. The van der Waals surface area contributed by atoms with Gasteiger partial charge in [0.25, 0.3) is 0 Å². The van der Waals surface area contributed by atoms with Crippen molar-refractivity contribution in [1.82, 2.24) is 20.4 Å². The summed E-state index contributed by atoms with van der Waals surface area (Å²) in [4.78, 5) is 33.4. The van der Waals surface area contributed by atoms with Gasteiger partial charge in [-0.05, 0) is 44.4 Å². The molecule has 0 spiro atoms. The van der Waals surface area contributed by atoms with Crippen molar-refractivity contribution in [3.63, 3.8) is 0 Å². The SMILES string of the molecule is CC(C)c1noc(C2CC3C(=O)NCCCCCCN(C(=O)CC4CCCCC4)C3C2)n1. The Morgan fingerprint density at radius 2 is 1.84 bits per heavy atom. The maximum absolute atomic E-state index is 13.5. The second-order valence-electron chi connectivity index (χ2n) is 10.5. The molecule has 2 amide bonds. The lowest BCUT2D eigenvalue weighted by atomic mass is 9.86. The molecule has 1 saturated heterocycles. The van der Waals surface area contributed by atoms with Gasteiger partial charge in [-0.2, -0.15) is 4.98 Å². The molecular weight excluding hydrogens is 404 g/mol. The molecule has 7 heteroatoms. The highest BCUT2D eigenvalue weighted by Gasteiger charge is 2.45. The quantitative estimate of drug-likeness (QED) is 0.736. The largest absolute Gasteiger partial charge is 0.356 e. The van der Waals surface area contributed by atoms with Gasteiger partial charge in [0.2, 0.25) is 17.7 Å². The van der Waals surface area contributed by atoms with Crippen molar-refractivity contribution < 1.29 is 14.1 Å². The van der Waals surface area contributed by atoms with Gasteiger partial charge in [-0.3, -0.25) is 9.59 Å². The zero-order chi connectivity index (χ0) is 22.5. The van der Waals surface area contributed by atoms with E-state index >= 15 is 0 Å². The van der Waals surface area contributed by atoms with Crippen LogP contribution in [0.2, 0.25) is 0 Å². The smallest absolute Gasteiger partial charge is 0.229 e. The fraction of sp³-hybridized carbons (Fsp3) is 0.840. The molecule has 1 aliphatic heterocycles. The van der Waals surface area contributed by atoms with E-state index in [1.165, 1.54) is 19.3 Å². The second-order valence-corrected chi connectivity index (χ2v) is 10.5. The predicted octanol–water partition coefficient (Wildman–Crippen LogP) is 4.54. The third kappa shape index (κ3) is 5.52. The standard InChI is InChI=1S/C25H40N4O3/c1-17(2)23-27-25(32-28-23)19-15-20-21(16-19)29(13-9-4-3-8-12-26-24(20)31)22(30)14-18-10-6-5-7-11-18/h17-21H,3-16H2,1-2H3,(H,26,31). The third-order valence-corrected chi connectivity index (χ3v) is 7.72. The molecule has 0 aromatic carbocycles. The normalized spacial score (nSPS) is 28.3. The summed E-state index contributed by atoms with van der Waals surface area (Å²) in [5.74, 6) is 2.20. The number of carbonyl (C=O) groups excluding carboxylic acids is 2. The van der Waals surface area contributed by atoms with Crippen LogP contribution in [0.15, 0.2) is 4.52 Å². The fourth-order valence-electron chi connectivity index (χ4n) is 5.83. The first-order valence-corrected chi connectivity index (χ1v) is 12.9. The van der Waals surface area contributed by atoms with Crippen LogP contribution < -0.4 is 5.32 Å². The van der Waals surface area contributed by atoms with Crippen LogP contribution >= 0.6 is 0 Å². The van der Waals surface area contributed by atoms with E-state index in [0.29, 0.717) is 30.5 Å². The first-order valence-electron chi connectivity index (χ1n) is 12.9. The molecule has 2 aliphatic carbocycles. The molecule has 3 atom stereocenters. The highest BCUT2D eigenvalue weighted by molar-refractivity contribution is 5.82. The van der Waals surface area contributed by atoms with E-state index in [4.69, 9.17) is 4.52 Å². The molecule has 3 fully saturated rings. The van der Waals surface area contributed by atoms with Crippen LogP contribution in [0.25, 0.3) is 0 Å². The van der Waals surface area contributed by atoms with Crippen molar-refractivity contribution in [2.45, 2.75) is 109 Å². The van der Waals surface area contributed by atoms with Crippen molar-refractivity contribution in [2.24, 2.45) is 11.8 Å². The van der Waals surface area contributed by atoms with Gasteiger partial charge in [0.05, 0.1) is 5.92 Å².